The summed E-state index contributed by atoms with van der Waals surface area (Å²) in [5.74, 6) is 1.17. The Bertz CT molecular complexity index is 497. The van der Waals surface area contributed by atoms with Gasteiger partial charge >= 0.3 is 0 Å². The lowest BCUT2D eigenvalue weighted by molar-refractivity contribution is 0.233. The van der Waals surface area contributed by atoms with Crippen molar-refractivity contribution < 1.29 is 18.3 Å². The van der Waals surface area contributed by atoms with Gasteiger partial charge in [0, 0.05) is 19.6 Å². The summed E-state index contributed by atoms with van der Waals surface area (Å²) < 4.78 is 32.1. The van der Waals surface area contributed by atoms with Crippen LogP contribution < -0.4 is 9.46 Å². The Labute approximate surface area is 127 Å². The number of aliphatic hydroxyl groups is 1. The van der Waals surface area contributed by atoms with E-state index in [0.29, 0.717) is 31.2 Å². The fraction of sp³-hybridized carbons (Fsp3) is 0.600. The minimum atomic E-state index is -3.45. The Morgan fingerprint density at radius 2 is 1.86 bits per heavy atom. The van der Waals surface area contributed by atoms with Gasteiger partial charge in [-0.1, -0.05) is 13.8 Å². The maximum atomic E-state index is 12.1. The van der Waals surface area contributed by atoms with E-state index in [0.717, 1.165) is 12.8 Å². The lowest BCUT2D eigenvalue weighted by Crippen LogP contribution is -2.25. The van der Waals surface area contributed by atoms with E-state index in [2.05, 4.69) is 18.6 Å². The molecule has 0 atom stereocenters. The van der Waals surface area contributed by atoms with Crippen molar-refractivity contribution in [2.24, 2.45) is 5.92 Å². The molecule has 5 nitrogen and oxygen atoms in total. The summed E-state index contributed by atoms with van der Waals surface area (Å²) in [6.45, 7) is 5.17. The van der Waals surface area contributed by atoms with E-state index < -0.39 is 10.0 Å². The lowest BCUT2D eigenvalue weighted by atomic mass is 10.1. The van der Waals surface area contributed by atoms with Gasteiger partial charge in [-0.05, 0) is 43.0 Å². The number of hydrogen-bond donors (Lipinski definition) is 2. The van der Waals surface area contributed by atoms with Crippen molar-refractivity contribution in [1.29, 1.82) is 0 Å². The molecule has 2 N–H and O–H groups in total. The normalized spacial score (nSPS) is 11.8. The summed E-state index contributed by atoms with van der Waals surface area (Å²) in [7, 11) is -3.45. The van der Waals surface area contributed by atoms with Gasteiger partial charge in [0.1, 0.15) is 5.75 Å². The number of sulfonamides is 1. The fourth-order valence-corrected chi connectivity index (χ4v) is 2.84. The maximum absolute atomic E-state index is 12.1. The monoisotopic (exact) mass is 315 g/mol. The molecule has 0 aromatic heterocycles. The molecule has 0 aliphatic heterocycles. The van der Waals surface area contributed by atoms with Crippen molar-refractivity contribution >= 4 is 10.0 Å². The van der Waals surface area contributed by atoms with Gasteiger partial charge in [0.15, 0.2) is 0 Å². The second kappa shape index (κ2) is 9.02. The van der Waals surface area contributed by atoms with Gasteiger partial charge in [-0.2, -0.15) is 0 Å². The van der Waals surface area contributed by atoms with E-state index >= 15 is 0 Å². The molecule has 21 heavy (non-hydrogen) atoms. The number of hydrogen-bond acceptors (Lipinski definition) is 4. The highest BCUT2D eigenvalue weighted by molar-refractivity contribution is 7.89. The van der Waals surface area contributed by atoms with Crippen LogP contribution in [0.1, 0.15) is 33.1 Å². The zero-order valence-corrected chi connectivity index (χ0v) is 13.5. The van der Waals surface area contributed by atoms with E-state index in [-0.39, 0.29) is 11.5 Å². The van der Waals surface area contributed by atoms with E-state index in [1.54, 1.807) is 12.1 Å². The van der Waals surface area contributed by atoms with E-state index in [1.165, 1.54) is 12.1 Å². The first-order valence-electron chi connectivity index (χ1n) is 7.29. The van der Waals surface area contributed by atoms with Crippen molar-refractivity contribution in [3.8, 4) is 5.75 Å². The Morgan fingerprint density at radius 1 is 1.19 bits per heavy atom. The summed E-state index contributed by atoms with van der Waals surface area (Å²) in [5, 5.41) is 8.66. The summed E-state index contributed by atoms with van der Waals surface area (Å²) in [6, 6.07) is 6.30. The highest BCUT2D eigenvalue weighted by Crippen LogP contribution is 2.16. The molecule has 0 saturated carbocycles. The van der Waals surface area contributed by atoms with Gasteiger partial charge in [-0.15, -0.1) is 0 Å². The molecule has 1 aromatic carbocycles. The molecule has 0 heterocycles. The van der Waals surface area contributed by atoms with Crippen LogP contribution in [0, 0.1) is 5.92 Å². The second-order valence-electron chi connectivity index (χ2n) is 5.33. The predicted octanol–water partition coefficient (Wildman–Crippen LogP) is 2.16. The fourth-order valence-electron chi connectivity index (χ4n) is 1.77. The Kier molecular flexibility index (Phi) is 7.71. The van der Waals surface area contributed by atoms with Crippen molar-refractivity contribution in [3.05, 3.63) is 24.3 Å². The maximum Gasteiger partial charge on any atom is 0.240 e. The van der Waals surface area contributed by atoms with Crippen molar-refractivity contribution in [2.75, 3.05) is 19.8 Å². The third kappa shape index (κ3) is 6.93. The molecule has 0 amide bonds. The summed E-state index contributed by atoms with van der Waals surface area (Å²) in [4.78, 5) is 0.238. The summed E-state index contributed by atoms with van der Waals surface area (Å²) >= 11 is 0. The van der Waals surface area contributed by atoms with E-state index in [9.17, 15) is 8.42 Å². The quantitative estimate of drug-likeness (QED) is 0.649. The third-order valence-corrected chi connectivity index (χ3v) is 4.43. The zero-order chi connectivity index (χ0) is 15.7. The molecule has 6 heteroatoms. The van der Waals surface area contributed by atoms with Crippen LogP contribution in [0.4, 0.5) is 0 Å². The minimum Gasteiger partial charge on any atom is -0.494 e. The number of benzene rings is 1. The van der Waals surface area contributed by atoms with Crippen molar-refractivity contribution in [2.45, 2.75) is 38.0 Å². The summed E-state index contributed by atoms with van der Waals surface area (Å²) in [6.07, 6.45) is 2.39. The predicted molar refractivity (Wildman–Crippen MR) is 82.9 cm³/mol. The van der Waals surface area contributed by atoms with Crippen molar-refractivity contribution in [1.82, 2.24) is 4.72 Å². The molecule has 0 bridgehead atoms. The topological polar surface area (TPSA) is 75.6 Å². The van der Waals surface area contributed by atoms with Gasteiger partial charge in [0.2, 0.25) is 10.0 Å². The first kappa shape index (κ1) is 17.9. The third-order valence-electron chi connectivity index (χ3n) is 2.96. The molecular formula is C15H25NO4S. The highest BCUT2D eigenvalue weighted by Gasteiger charge is 2.13. The minimum absolute atomic E-state index is 0.0762. The van der Waals surface area contributed by atoms with Crippen LogP contribution in [0.25, 0.3) is 0 Å². The van der Waals surface area contributed by atoms with Crippen LogP contribution in [-0.4, -0.2) is 33.3 Å². The molecule has 120 valence electrons. The molecule has 0 aliphatic rings. The number of aliphatic hydroxyl groups excluding tert-OH is 1. The number of rotatable bonds is 10. The Balaban J connectivity index is 2.50. The van der Waals surface area contributed by atoms with Gasteiger partial charge < -0.3 is 9.84 Å². The summed E-state index contributed by atoms with van der Waals surface area (Å²) in [5.41, 5.74) is 0. The molecule has 0 spiro atoms. The van der Waals surface area contributed by atoms with Crippen LogP contribution in [0.5, 0.6) is 5.75 Å². The molecule has 1 rings (SSSR count). The molecule has 0 aliphatic carbocycles. The van der Waals surface area contributed by atoms with Gasteiger partial charge in [0.25, 0.3) is 0 Å². The molecule has 0 fully saturated rings. The molecule has 0 saturated heterocycles. The van der Waals surface area contributed by atoms with Crippen molar-refractivity contribution in [3.63, 3.8) is 0 Å². The smallest absolute Gasteiger partial charge is 0.240 e. The van der Waals surface area contributed by atoms with E-state index in [4.69, 9.17) is 9.84 Å². The van der Waals surface area contributed by atoms with Crippen LogP contribution in [-0.2, 0) is 10.0 Å². The van der Waals surface area contributed by atoms with E-state index in [1.807, 2.05) is 0 Å². The highest BCUT2D eigenvalue weighted by atomic mass is 32.2. The van der Waals surface area contributed by atoms with Crippen LogP contribution in [0.15, 0.2) is 29.2 Å². The van der Waals surface area contributed by atoms with Gasteiger partial charge in [-0.3, -0.25) is 0 Å². The Hall–Kier alpha value is -1.11. The largest absolute Gasteiger partial charge is 0.494 e. The van der Waals surface area contributed by atoms with Crippen LogP contribution in [0.2, 0.25) is 0 Å². The van der Waals surface area contributed by atoms with Gasteiger partial charge in [0.05, 0.1) is 11.5 Å². The SMILES string of the molecule is CC(C)CCCNS(=O)(=O)c1ccc(OCCCO)cc1. The first-order valence-corrected chi connectivity index (χ1v) is 8.77. The molecule has 0 unspecified atom stereocenters. The average molecular weight is 315 g/mol. The zero-order valence-electron chi connectivity index (χ0n) is 12.7. The number of ether oxygens (including phenoxy) is 1. The molecular weight excluding hydrogens is 290 g/mol. The van der Waals surface area contributed by atoms with Gasteiger partial charge in [-0.25, -0.2) is 13.1 Å². The molecule has 0 radical (unpaired) electrons. The number of nitrogens with one attached hydrogen (secondary N) is 1. The molecule has 1 aromatic rings. The van der Waals surface area contributed by atoms with Crippen LogP contribution >= 0.6 is 0 Å². The first-order chi connectivity index (χ1) is 9.95. The second-order valence-corrected chi connectivity index (χ2v) is 7.10. The standard InChI is InChI=1S/C15H25NO4S/c1-13(2)5-3-10-16-21(18,19)15-8-6-14(7-9-15)20-12-4-11-17/h6-9,13,16-17H,3-5,10-12H2,1-2H3. The Morgan fingerprint density at radius 3 is 2.43 bits per heavy atom. The average Bonchev–Trinajstić information content (AvgIpc) is 2.44. The lowest BCUT2D eigenvalue weighted by Gasteiger charge is -2.09. The van der Waals surface area contributed by atoms with Crippen LogP contribution in [0.3, 0.4) is 0 Å².